The molecule has 1 amide bonds. The van der Waals surface area contributed by atoms with Crippen molar-refractivity contribution in [3.63, 3.8) is 0 Å². The normalized spacial score (nSPS) is 17.6. The lowest BCUT2D eigenvalue weighted by Crippen LogP contribution is -2.48. The third-order valence-corrected chi connectivity index (χ3v) is 4.35. The number of methoxy groups -OCH3 is 2. The molecule has 6 nitrogen and oxygen atoms in total. The highest BCUT2D eigenvalue weighted by molar-refractivity contribution is 5.97. The van der Waals surface area contributed by atoms with Crippen molar-refractivity contribution >= 4 is 22.8 Å². The molecule has 0 aliphatic carbocycles. The van der Waals surface area contributed by atoms with Crippen LogP contribution in [0, 0.1) is 0 Å². The minimum Gasteiger partial charge on any atom is -0.497 e. The van der Waals surface area contributed by atoms with Gasteiger partial charge in [0.1, 0.15) is 17.5 Å². The molecule has 1 atom stereocenters. The van der Waals surface area contributed by atoms with Gasteiger partial charge in [-0.1, -0.05) is 6.07 Å². The summed E-state index contributed by atoms with van der Waals surface area (Å²) >= 11 is 0. The largest absolute Gasteiger partial charge is 0.497 e. The molecule has 1 saturated heterocycles. The first-order valence-corrected chi connectivity index (χ1v) is 7.97. The van der Waals surface area contributed by atoms with Crippen LogP contribution in [0.15, 0.2) is 30.3 Å². The Morgan fingerprint density at radius 1 is 1.17 bits per heavy atom. The van der Waals surface area contributed by atoms with Gasteiger partial charge in [0.05, 0.1) is 19.7 Å². The molecule has 1 aromatic carbocycles. The van der Waals surface area contributed by atoms with E-state index in [1.54, 1.807) is 18.1 Å². The summed E-state index contributed by atoms with van der Waals surface area (Å²) in [5, 5.41) is 0.897. The van der Waals surface area contributed by atoms with Crippen molar-refractivity contribution < 1.29 is 19.1 Å². The number of amides is 1. The summed E-state index contributed by atoms with van der Waals surface area (Å²) in [6, 6.07) is 8.50. The number of esters is 1. The van der Waals surface area contributed by atoms with Gasteiger partial charge in [0, 0.05) is 11.9 Å². The number of ether oxygens (including phenoxy) is 2. The van der Waals surface area contributed by atoms with Gasteiger partial charge < -0.3 is 14.4 Å². The zero-order chi connectivity index (χ0) is 17.1. The Bertz CT molecular complexity index is 775. The van der Waals surface area contributed by atoms with E-state index in [-0.39, 0.29) is 11.9 Å². The number of nitrogens with zero attached hydrogens (tertiary/aromatic N) is 2. The van der Waals surface area contributed by atoms with Crippen LogP contribution in [-0.2, 0) is 9.53 Å². The standard InChI is InChI=1S/C18H20N2O4/c1-23-13-7-9-14-12(11-13)6-8-15(19-14)17(21)20-10-4-3-5-16(20)18(22)24-2/h6-9,11,16H,3-5,10H2,1-2H3. The summed E-state index contributed by atoms with van der Waals surface area (Å²) in [7, 11) is 2.96. The lowest BCUT2D eigenvalue weighted by Gasteiger charge is -2.33. The van der Waals surface area contributed by atoms with E-state index < -0.39 is 6.04 Å². The highest BCUT2D eigenvalue weighted by atomic mass is 16.5. The van der Waals surface area contributed by atoms with Crippen molar-refractivity contribution in [3.05, 3.63) is 36.0 Å². The topological polar surface area (TPSA) is 68.7 Å². The summed E-state index contributed by atoms with van der Waals surface area (Å²) in [6.07, 6.45) is 2.42. The second-order valence-corrected chi connectivity index (χ2v) is 5.79. The Hall–Kier alpha value is -2.63. The molecule has 1 aliphatic rings. The monoisotopic (exact) mass is 328 g/mol. The average molecular weight is 328 g/mol. The summed E-state index contributed by atoms with van der Waals surface area (Å²) < 4.78 is 10.0. The first-order chi connectivity index (χ1) is 11.6. The van der Waals surface area contributed by atoms with Crippen LogP contribution in [0.2, 0.25) is 0 Å². The maximum atomic E-state index is 12.8. The zero-order valence-electron chi connectivity index (χ0n) is 13.8. The predicted octanol–water partition coefficient (Wildman–Crippen LogP) is 2.41. The minimum atomic E-state index is -0.524. The fraction of sp³-hybridized carbons (Fsp3) is 0.389. The Labute approximate surface area is 140 Å². The van der Waals surface area contributed by atoms with Crippen LogP contribution in [-0.4, -0.2) is 48.6 Å². The van der Waals surface area contributed by atoms with Crippen LogP contribution in [0.1, 0.15) is 29.8 Å². The second kappa shape index (κ2) is 6.86. The van der Waals surface area contributed by atoms with Gasteiger partial charge in [-0.2, -0.15) is 0 Å². The van der Waals surface area contributed by atoms with E-state index >= 15 is 0 Å². The summed E-state index contributed by atoms with van der Waals surface area (Å²) in [5.41, 5.74) is 1.05. The first kappa shape index (κ1) is 16.2. The Morgan fingerprint density at radius 2 is 2.00 bits per heavy atom. The van der Waals surface area contributed by atoms with Crippen LogP contribution >= 0.6 is 0 Å². The quantitative estimate of drug-likeness (QED) is 0.809. The number of carbonyl (C=O) groups is 2. The molecule has 126 valence electrons. The highest BCUT2D eigenvalue weighted by Gasteiger charge is 2.33. The van der Waals surface area contributed by atoms with Crippen LogP contribution in [0.4, 0.5) is 0 Å². The van der Waals surface area contributed by atoms with Crippen molar-refractivity contribution in [1.82, 2.24) is 9.88 Å². The molecule has 0 bridgehead atoms. The van der Waals surface area contributed by atoms with Gasteiger partial charge in [-0.25, -0.2) is 9.78 Å². The zero-order valence-corrected chi connectivity index (χ0v) is 13.8. The summed E-state index contributed by atoms with van der Waals surface area (Å²) in [4.78, 5) is 30.8. The number of aromatic nitrogens is 1. The van der Waals surface area contributed by atoms with E-state index in [1.807, 2.05) is 24.3 Å². The number of pyridine rings is 1. The number of carbonyl (C=O) groups excluding carboxylic acids is 2. The van der Waals surface area contributed by atoms with Crippen LogP contribution in [0.25, 0.3) is 10.9 Å². The number of hydrogen-bond acceptors (Lipinski definition) is 5. The number of piperidine rings is 1. The third-order valence-electron chi connectivity index (χ3n) is 4.35. The lowest BCUT2D eigenvalue weighted by molar-refractivity contribution is -0.147. The van der Waals surface area contributed by atoms with E-state index in [9.17, 15) is 9.59 Å². The number of rotatable bonds is 3. The molecule has 0 N–H and O–H groups in total. The van der Waals surface area contributed by atoms with Gasteiger partial charge in [-0.3, -0.25) is 4.79 Å². The molecule has 24 heavy (non-hydrogen) atoms. The SMILES string of the molecule is COC(=O)C1CCCCN1C(=O)c1ccc2cc(OC)ccc2n1. The summed E-state index contributed by atoms with van der Waals surface area (Å²) in [5.74, 6) is 0.140. The van der Waals surface area contributed by atoms with Crippen molar-refractivity contribution in [2.75, 3.05) is 20.8 Å². The van der Waals surface area contributed by atoms with Crippen molar-refractivity contribution in [1.29, 1.82) is 0 Å². The molecule has 0 radical (unpaired) electrons. The van der Waals surface area contributed by atoms with Gasteiger partial charge >= 0.3 is 5.97 Å². The average Bonchev–Trinajstić information content (AvgIpc) is 2.65. The smallest absolute Gasteiger partial charge is 0.328 e. The molecule has 1 aromatic heterocycles. The summed E-state index contributed by atoms with van der Waals surface area (Å²) in [6.45, 7) is 0.543. The van der Waals surface area contributed by atoms with Crippen LogP contribution in [0.3, 0.4) is 0 Å². The van der Waals surface area contributed by atoms with E-state index in [2.05, 4.69) is 4.98 Å². The van der Waals surface area contributed by atoms with Gasteiger partial charge in [0.25, 0.3) is 5.91 Å². The van der Waals surface area contributed by atoms with E-state index in [1.165, 1.54) is 7.11 Å². The number of fused-ring (bicyclic) bond motifs is 1. The number of hydrogen-bond donors (Lipinski definition) is 0. The van der Waals surface area contributed by atoms with Crippen molar-refractivity contribution in [3.8, 4) is 5.75 Å². The maximum Gasteiger partial charge on any atom is 0.328 e. The van der Waals surface area contributed by atoms with E-state index in [0.717, 1.165) is 24.0 Å². The van der Waals surface area contributed by atoms with Gasteiger partial charge in [-0.05, 0) is 43.5 Å². The Morgan fingerprint density at radius 3 is 2.75 bits per heavy atom. The van der Waals surface area contributed by atoms with Gasteiger partial charge in [0.2, 0.25) is 0 Å². The minimum absolute atomic E-state index is 0.234. The first-order valence-electron chi connectivity index (χ1n) is 7.97. The molecule has 1 aliphatic heterocycles. The molecule has 1 fully saturated rings. The molecule has 2 aromatic rings. The third kappa shape index (κ3) is 3.04. The lowest BCUT2D eigenvalue weighted by atomic mass is 10.0. The fourth-order valence-electron chi connectivity index (χ4n) is 3.05. The van der Waals surface area contributed by atoms with Crippen molar-refractivity contribution in [2.24, 2.45) is 0 Å². The number of likely N-dealkylation sites (tertiary alicyclic amines) is 1. The molecule has 1 unspecified atom stereocenters. The van der Waals surface area contributed by atoms with E-state index in [0.29, 0.717) is 24.2 Å². The second-order valence-electron chi connectivity index (χ2n) is 5.79. The molecule has 6 heteroatoms. The molecule has 2 heterocycles. The van der Waals surface area contributed by atoms with Crippen molar-refractivity contribution in [2.45, 2.75) is 25.3 Å². The highest BCUT2D eigenvalue weighted by Crippen LogP contribution is 2.23. The molecular formula is C18H20N2O4. The molecule has 0 saturated carbocycles. The maximum absolute atomic E-state index is 12.8. The Balaban J connectivity index is 1.90. The van der Waals surface area contributed by atoms with E-state index in [4.69, 9.17) is 9.47 Å². The fourth-order valence-corrected chi connectivity index (χ4v) is 3.05. The van der Waals surface area contributed by atoms with Crippen LogP contribution < -0.4 is 4.74 Å². The van der Waals surface area contributed by atoms with Gasteiger partial charge in [-0.15, -0.1) is 0 Å². The molecule has 3 rings (SSSR count). The molecule has 0 spiro atoms. The molecular weight excluding hydrogens is 308 g/mol. The van der Waals surface area contributed by atoms with Gasteiger partial charge in [0.15, 0.2) is 0 Å². The van der Waals surface area contributed by atoms with Crippen LogP contribution in [0.5, 0.6) is 5.75 Å². The Kier molecular flexibility index (Phi) is 4.64. The number of benzene rings is 1. The predicted molar refractivity (Wildman–Crippen MR) is 89.0 cm³/mol.